The van der Waals surface area contributed by atoms with Gasteiger partial charge >= 0.3 is 5.69 Å². The van der Waals surface area contributed by atoms with Crippen molar-refractivity contribution >= 4 is 0 Å². The molecule has 0 aliphatic heterocycles. The molecule has 5 heteroatoms. The van der Waals surface area contributed by atoms with Gasteiger partial charge in [-0.05, 0) is 31.3 Å². The first-order valence-corrected chi connectivity index (χ1v) is 6.82. The molecule has 0 radical (unpaired) electrons. The molecule has 0 unspecified atom stereocenters. The summed E-state index contributed by atoms with van der Waals surface area (Å²) in [5.74, 6) is 0.296. The van der Waals surface area contributed by atoms with Crippen LogP contribution in [0.3, 0.4) is 0 Å². The topological polar surface area (TPSA) is 75.1 Å². The lowest BCUT2D eigenvalue weighted by Crippen LogP contribution is -2.31. The highest BCUT2D eigenvalue weighted by molar-refractivity contribution is 5.35. The van der Waals surface area contributed by atoms with Crippen molar-refractivity contribution in [3.8, 4) is 0 Å². The molecule has 1 atom stereocenters. The fourth-order valence-corrected chi connectivity index (χ4v) is 2.53. The second kappa shape index (κ2) is 6.05. The largest absolute Gasteiger partial charge is 0.396 e. The molecule has 1 heterocycles. The lowest BCUT2D eigenvalue weighted by atomic mass is 9.94. The zero-order valence-electron chi connectivity index (χ0n) is 11.8. The number of hydrogen-bond donors (Lipinski definition) is 2. The number of allylic oxidation sites excluding steroid dienone is 4. The van der Waals surface area contributed by atoms with Crippen molar-refractivity contribution < 1.29 is 5.11 Å². The van der Waals surface area contributed by atoms with E-state index in [0.717, 1.165) is 18.4 Å². The highest BCUT2D eigenvalue weighted by Gasteiger charge is 2.16. The van der Waals surface area contributed by atoms with Crippen LogP contribution in [0, 0.1) is 12.8 Å². The first-order valence-electron chi connectivity index (χ1n) is 6.82. The fourth-order valence-electron chi connectivity index (χ4n) is 2.53. The number of H-pyrrole nitrogens is 1. The number of nitrogens with one attached hydrogen (secondary N) is 1. The predicted molar refractivity (Wildman–Crippen MR) is 77.7 cm³/mol. The van der Waals surface area contributed by atoms with Crippen molar-refractivity contribution in [2.45, 2.75) is 33.2 Å². The van der Waals surface area contributed by atoms with Crippen molar-refractivity contribution in [2.24, 2.45) is 5.92 Å². The molecule has 0 spiro atoms. The molecule has 2 N–H and O–H groups in total. The van der Waals surface area contributed by atoms with Crippen LogP contribution in [0.25, 0.3) is 0 Å². The summed E-state index contributed by atoms with van der Waals surface area (Å²) < 4.78 is 1.52. The molecule has 5 nitrogen and oxygen atoms in total. The lowest BCUT2D eigenvalue weighted by Gasteiger charge is -2.15. The zero-order valence-corrected chi connectivity index (χ0v) is 11.8. The number of aliphatic hydroxyl groups is 1. The highest BCUT2D eigenvalue weighted by Crippen LogP contribution is 2.28. The number of nitrogens with zero attached hydrogens (tertiary/aromatic N) is 1. The lowest BCUT2D eigenvalue weighted by molar-refractivity contribution is 0.270. The Hall–Kier alpha value is -1.88. The minimum atomic E-state index is -0.387. The van der Waals surface area contributed by atoms with Gasteiger partial charge in [-0.1, -0.05) is 24.6 Å². The first kappa shape index (κ1) is 14.5. The molecule has 20 heavy (non-hydrogen) atoms. The molecule has 2 rings (SSSR count). The summed E-state index contributed by atoms with van der Waals surface area (Å²) in [5, 5.41) is 9.05. The van der Waals surface area contributed by atoms with Gasteiger partial charge in [-0.25, -0.2) is 4.79 Å². The zero-order chi connectivity index (χ0) is 14.7. The Labute approximate surface area is 117 Å². The summed E-state index contributed by atoms with van der Waals surface area (Å²) >= 11 is 0. The minimum absolute atomic E-state index is 0.162. The molecule has 108 valence electrons. The highest BCUT2D eigenvalue weighted by atomic mass is 16.3. The summed E-state index contributed by atoms with van der Waals surface area (Å²) in [7, 11) is 0. The van der Waals surface area contributed by atoms with Crippen LogP contribution in [0.4, 0.5) is 0 Å². The third kappa shape index (κ3) is 2.99. The van der Waals surface area contributed by atoms with E-state index in [2.05, 4.69) is 18.0 Å². The van der Waals surface area contributed by atoms with Crippen molar-refractivity contribution in [3.05, 3.63) is 55.9 Å². The summed E-state index contributed by atoms with van der Waals surface area (Å²) in [5.41, 5.74) is 2.16. The third-order valence-corrected chi connectivity index (χ3v) is 3.76. The van der Waals surface area contributed by atoms with E-state index in [4.69, 9.17) is 5.11 Å². The molecule has 1 aromatic rings. The Bertz CT molecular complexity index is 664. The molecule has 0 amide bonds. The number of hydrogen-bond acceptors (Lipinski definition) is 3. The summed E-state index contributed by atoms with van der Waals surface area (Å²) in [6.07, 6.45) is 7.28. The fraction of sp³-hybridized carbons (Fsp3) is 0.467. The average molecular weight is 276 g/mol. The number of aryl methyl sites for hydroxylation is 1. The predicted octanol–water partition coefficient (Wildman–Crippen LogP) is 1.12. The normalized spacial score (nSPS) is 15.9. The van der Waals surface area contributed by atoms with Crippen molar-refractivity contribution in [1.29, 1.82) is 0 Å². The van der Waals surface area contributed by atoms with E-state index in [1.165, 1.54) is 10.1 Å². The second-order valence-electron chi connectivity index (χ2n) is 5.27. The van der Waals surface area contributed by atoms with E-state index in [1.54, 1.807) is 13.1 Å². The van der Waals surface area contributed by atoms with Gasteiger partial charge in [0, 0.05) is 18.4 Å². The molecule has 1 aliphatic carbocycles. The monoisotopic (exact) mass is 276 g/mol. The molecule has 0 saturated carbocycles. The molecule has 1 aliphatic rings. The Kier molecular flexibility index (Phi) is 4.39. The maximum atomic E-state index is 11.8. The SMILES string of the molecule is Cc1cn(CC2=C([C@@H](C)CCO)CC=C2)c(=O)[nH]c1=O. The van der Waals surface area contributed by atoms with Crippen LogP contribution < -0.4 is 11.2 Å². The van der Waals surface area contributed by atoms with E-state index in [1.807, 2.05) is 6.08 Å². The van der Waals surface area contributed by atoms with E-state index >= 15 is 0 Å². The third-order valence-electron chi connectivity index (χ3n) is 3.76. The van der Waals surface area contributed by atoms with Gasteiger partial charge in [0.05, 0.1) is 6.54 Å². The van der Waals surface area contributed by atoms with Crippen molar-refractivity contribution in [3.63, 3.8) is 0 Å². The quantitative estimate of drug-likeness (QED) is 0.846. The number of rotatable bonds is 5. The second-order valence-corrected chi connectivity index (χ2v) is 5.27. The standard InChI is InChI=1S/C15H20N2O3/c1-10(6-7-18)13-5-3-4-12(13)9-17-8-11(2)14(19)16-15(17)20/h3-4,8,10,18H,5-7,9H2,1-2H3,(H,16,19,20)/t10-/m0/s1. The average Bonchev–Trinajstić information content (AvgIpc) is 2.84. The van der Waals surface area contributed by atoms with E-state index < -0.39 is 0 Å². The van der Waals surface area contributed by atoms with Crippen LogP contribution >= 0.6 is 0 Å². The van der Waals surface area contributed by atoms with Crippen molar-refractivity contribution in [2.75, 3.05) is 6.61 Å². The summed E-state index contributed by atoms with van der Waals surface area (Å²) in [4.78, 5) is 25.5. The van der Waals surface area contributed by atoms with Gasteiger partial charge in [-0.3, -0.25) is 14.3 Å². The van der Waals surface area contributed by atoms with Crippen LogP contribution in [-0.4, -0.2) is 21.3 Å². The molecular formula is C15H20N2O3. The summed E-state index contributed by atoms with van der Waals surface area (Å²) in [6, 6.07) is 0. The van der Waals surface area contributed by atoms with Crippen LogP contribution in [0.1, 0.15) is 25.3 Å². The number of aromatic nitrogens is 2. The van der Waals surface area contributed by atoms with Gasteiger partial charge in [-0.15, -0.1) is 0 Å². The molecule has 0 saturated heterocycles. The Morgan fingerprint density at radius 1 is 1.45 bits per heavy atom. The van der Waals surface area contributed by atoms with E-state index in [-0.39, 0.29) is 17.9 Å². The molecule has 0 aromatic carbocycles. The van der Waals surface area contributed by atoms with Gasteiger partial charge in [0.1, 0.15) is 0 Å². The van der Waals surface area contributed by atoms with Gasteiger partial charge in [0.2, 0.25) is 0 Å². The number of aliphatic hydroxyl groups excluding tert-OH is 1. The Morgan fingerprint density at radius 2 is 2.20 bits per heavy atom. The maximum absolute atomic E-state index is 11.8. The Morgan fingerprint density at radius 3 is 2.90 bits per heavy atom. The molecule has 0 bridgehead atoms. The van der Waals surface area contributed by atoms with Gasteiger partial charge in [0.15, 0.2) is 0 Å². The molecule has 1 aromatic heterocycles. The van der Waals surface area contributed by atoms with E-state index in [0.29, 0.717) is 18.0 Å². The molecule has 0 fully saturated rings. The van der Waals surface area contributed by atoms with Crippen LogP contribution in [0.2, 0.25) is 0 Å². The first-order chi connectivity index (χ1) is 9.52. The Balaban J connectivity index is 2.31. The van der Waals surface area contributed by atoms with Crippen molar-refractivity contribution in [1.82, 2.24) is 9.55 Å². The van der Waals surface area contributed by atoms with Gasteiger partial charge in [0.25, 0.3) is 5.56 Å². The maximum Gasteiger partial charge on any atom is 0.328 e. The van der Waals surface area contributed by atoms with E-state index in [9.17, 15) is 9.59 Å². The van der Waals surface area contributed by atoms with Crippen LogP contribution in [0.15, 0.2) is 39.1 Å². The number of aromatic amines is 1. The van der Waals surface area contributed by atoms with Gasteiger partial charge in [-0.2, -0.15) is 0 Å². The molecular weight excluding hydrogens is 256 g/mol. The summed E-state index contributed by atoms with van der Waals surface area (Å²) in [6.45, 7) is 4.39. The smallest absolute Gasteiger partial charge is 0.328 e. The van der Waals surface area contributed by atoms with Crippen LogP contribution in [0.5, 0.6) is 0 Å². The van der Waals surface area contributed by atoms with Gasteiger partial charge < -0.3 is 5.11 Å². The minimum Gasteiger partial charge on any atom is -0.396 e. The van der Waals surface area contributed by atoms with Crippen LogP contribution in [-0.2, 0) is 6.54 Å².